The maximum absolute atomic E-state index is 11.9. The van der Waals surface area contributed by atoms with Crippen LogP contribution in [-0.4, -0.2) is 53.2 Å². The molecule has 0 aliphatic heterocycles. The number of aliphatic carboxylic acids is 1. The number of hydrogen-bond acceptors (Lipinski definition) is 3. The molecule has 0 aromatic heterocycles. The van der Waals surface area contributed by atoms with E-state index in [1.807, 2.05) is 18.7 Å². The van der Waals surface area contributed by atoms with Crippen molar-refractivity contribution in [1.82, 2.24) is 15.5 Å². The zero-order valence-corrected chi connectivity index (χ0v) is 14.8. The van der Waals surface area contributed by atoms with E-state index in [0.717, 1.165) is 32.2 Å². The van der Waals surface area contributed by atoms with Crippen LogP contribution in [0.2, 0.25) is 0 Å². The van der Waals surface area contributed by atoms with E-state index in [9.17, 15) is 9.59 Å². The molecule has 2 amide bonds. The number of carboxylic acid groups (broad SMARTS) is 1. The number of urea groups is 1. The first kappa shape index (κ1) is 19.5. The summed E-state index contributed by atoms with van der Waals surface area (Å²) in [4.78, 5) is 24.7. The van der Waals surface area contributed by atoms with E-state index >= 15 is 0 Å². The molecule has 23 heavy (non-hydrogen) atoms. The molecule has 6 nitrogen and oxygen atoms in total. The van der Waals surface area contributed by atoms with Gasteiger partial charge >= 0.3 is 12.0 Å². The molecular weight excluding hydrogens is 294 g/mol. The van der Waals surface area contributed by atoms with Gasteiger partial charge in [0.2, 0.25) is 0 Å². The second kappa shape index (κ2) is 9.55. The van der Waals surface area contributed by atoms with E-state index < -0.39 is 5.97 Å². The molecule has 1 aliphatic rings. The summed E-state index contributed by atoms with van der Waals surface area (Å²) in [5, 5.41) is 14.8. The van der Waals surface area contributed by atoms with Gasteiger partial charge in [-0.2, -0.15) is 0 Å². The van der Waals surface area contributed by atoms with Crippen LogP contribution in [0.5, 0.6) is 0 Å². The normalized spacial score (nSPS) is 21.3. The largest absolute Gasteiger partial charge is 0.480 e. The molecule has 0 aromatic rings. The van der Waals surface area contributed by atoms with Crippen molar-refractivity contribution in [3.05, 3.63) is 11.6 Å². The SMILES string of the molecule is CCN(CC(=O)O)C1CC(NC(=O)NC(C)CCC=C(C)C)C1. The number of amides is 2. The molecule has 1 saturated carbocycles. The standard InChI is InChI=1S/C17H31N3O3/c1-5-20(11-16(21)22)15-9-14(10-15)19-17(23)18-13(4)8-6-7-12(2)3/h7,13-15H,5-6,8-11H2,1-4H3,(H,21,22)(H2,18,19,23). The number of carbonyl (C=O) groups excluding carboxylic acids is 1. The van der Waals surface area contributed by atoms with Gasteiger partial charge in [-0.1, -0.05) is 18.6 Å². The number of hydrogen-bond donors (Lipinski definition) is 3. The summed E-state index contributed by atoms with van der Waals surface area (Å²) >= 11 is 0. The lowest BCUT2D eigenvalue weighted by molar-refractivity contribution is -0.139. The van der Waals surface area contributed by atoms with Crippen LogP contribution in [0.15, 0.2) is 11.6 Å². The first-order valence-electron chi connectivity index (χ1n) is 8.48. The second-order valence-corrected chi connectivity index (χ2v) is 6.66. The zero-order chi connectivity index (χ0) is 17.4. The summed E-state index contributed by atoms with van der Waals surface area (Å²) in [6, 6.07) is 0.421. The number of carboxylic acids is 1. The van der Waals surface area contributed by atoms with Gasteiger partial charge in [-0.25, -0.2) is 4.79 Å². The van der Waals surface area contributed by atoms with Crippen molar-refractivity contribution >= 4 is 12.0 Å². The fourth-order valence-corrected chi connectivity index (χ4v) is 2.82. The van der Waals surface area contributed by atoms with E-state index in [1.165, 1.54) is 5.57 Å². The number of nitrogens with zero attached hydrogens (tertiary/aromatic N) is 1. The summed E-state index contributed by atoms with van der Waals surface area (Å²) in [5.74, 6) is -0.800. The third-order valence-corrected chi connectivity index (χ3v) is 4.24. The molecule has 132 valence electrons. The lowest BCUT2D eigenvalue weighted by Crippen LogP contribution is -2.57. The van der Waals surface area contributed by atoms with Crippen molar-refractivity contribution in [3.8, 4) is 0 Å². The lowest BCUT2D eigenvalue weighted by Gasteiger charge is -2.42. The minimum Gasteiger partial charge on any atom is -0.480 e. The van der Waals surface area contributed by atoms with Gasteiger partial charge in [0.15, 0.2) is 0 Å². The Morgan fingerprint density at radius 3 is 2.52 bits per heavy atom. The predicted octanol–water partition coefficient (Wildman–Crippen LogP) is 2.36. The Bertz CT molecular complexity index is 427. The highest BCUT2D eigenvalue weighted by Crippen LogP contribution is 2.25. The quantitative estimate of drug-likeness (QED) is 0.568. The van der Waals surface area contributed by atoms with Crippen LogP contribution in [0.1, 0.15) is 53.4 Å². The maximum atomic E-state index is 11.9. The summed E-state index contributed by atoms with van der Waals surface area (Å²) < 4.78 is 0. The molecule has 1 aliphatic carbocycles. The van der Waals surface area contributed by atoms with Gasteiger partial charge in [0.05, 0.1) is 6.54 Å². The minimum atomic E-state index is -0.800. The van der Waals surface area contributed by atoms with E-state index in [2.05, 4.69) is 30.6 Å². The summed E-state index contributed by atoms with van der Waals surface area (Å²) in [6.07, 6.45) is 5.71. The van der Waals surface area contributed by atoms with Crippen LogP contribution < -0.4 is 10.6 Å². The van der Waals surface area contributed by atoms with Crippen molar-refractivity contribution in [1.29, 1.82) is 0 Å². The fourth-order valence-electron chi connectivity index (χ4n) is 2.82. The highest BCUT2D eigenvalue weighted by molar-refractivity contribution is 5.74. The first-order valence-corrected chi connectivity index (χ1v) is 8.48. The van der Waals surface area contributed by atoms with Gasteiger partial charge in [-0.05, 0) is 53.0 Å². The smallest absolute Gasteiger partial charge is 0.317 e. The molecule has 0 heterocycles. The highest BCUT2D eigenvalue weighted by Gasteiger charge is 2.34. The average molecular weight is 325 g/mol. The van der Waals surface area contributed by atoms with Crippen LogP contribution >= 0.6 is 0 Å². The topological polar surface area (TPSA) is 81.7 Å². The van der Waals surface area contributed by atoms with Crippen LogP contribution in [0.3, 0.4) is 0 Å². The number of nitrogens with one attached hydrogen (secondary N) is 2. The third-order valence-electron chi connectivity index (χ3n) is 4.24. The van der Waals surface area contributed by atoms with Crippen LogP contribution in [0, 0.1) is 0 Å². The van der Waals surface area contributed by atoms with E-state index in [4.69, 9.17) is 5.11 Å². The summed E-state index contributed by atoms with van der Waals surface area (Å²) in [5.41, 5.74) is 1.30. The number of carbonyl (C=O) groups is 2. The van der Waals surface area contributed by atoms with Crippen molar-refractivity contribution in [3.63, 3.8) is 0 Å². The van der Waals surface area contributed by atoms with E-state index in [0.29, 0.717) is 0 Å². The molecule has 1 unspecified atom stereocenters. The Morgan fingerprint density at radius 2 is 2.00 bits per heavy atom. The predicted molar refractivity (Wildman–Crippen MR) is 91.5 cm³/mol. The van der Waals surface area contributed by atoms with Crippen molar-refractivity contribution in [2.45, 2.75) is 71.5 Å². The average Bonchev–Trinajstić information content (AvgIpc) is 2.39. The molecular formula is C17H31N3O3. The number of allylic oxidation sites excluding steroid dienone is 2. The molecule has 3 N–H and O–H groups in total. The Hall–Kier alpha value is -1.56. The van der Waals surface area contributed by atoms with Gasteiger partial charge < -0.3 is 15.7 Å². The molecule has 0 radical (unpaired) electrons. The Kier molecular flexibility index (Phi) is 8.09. The third kappa shape index (κ3) is 7.50. The highest BCUT2D eigenvalue weighted by atomic mass is 16.4. The van der Waals surface area contributed by atoms with Gasteiger partial charge in [0.25, 0.3) is 0 Å². The molecule has 0 aromatic carbocycles. The van der Waals surface area contributed by atoms with Crippen molar-refractivity contribution < 1.29 is 14.7 Å². The van der Waals surface area contributed by atoms with E-state index in [1.54, 1.807) is 0 Å². The van der Waals surface area contributed by atoms with Gasteiger partial charge in [0.1, 0.15) is 0 Å². The van der Waals surface area contributed by atoms with Crippen molar-refractivity contribution in [2.75, 3.05) is 13.1 Å². The molecule has 1 fully saturated rings. The molecule has 1 atom stereocenters. The number of likely N-dealkylation sites (N-methyl/N-ethyl adjacent to an activating group) is 1. The Labute approximate surface area is 139 Å². The molecule has 6 heteroatoms. The molecule has 0 bridgehead atoms. The van der Waals surface area contributed by atoms with Crippen molar-refractivity contribution in [2.24, 2.45) is 0 Å². The summed E-state index contributed by atoms with van der Waals surface area (Å²) in [6.45, 7) is 8.90. The Balaban J connectivity index is 2.22. The first-order chi connectivity index (χ1) is 10.8. The lowest BCUT2D eigenvalue weighted by atomic mass is 9.85. The Morgan fingerprint density at radius 1 is 1.35 bits per heavy atom. The van der Waals surface area contributed by atoms with Crippen LogP contribution in [0.4, 0.5) is 4.79 Å². The maximum Gasteiger partial charge on any atom is 0.317 e. The van der Waals surface area contributed by atoms with Gasteiger partial charge in [-0.15, -0.1) is 0 Å². The van der Waals surface area contributed by atoms with E-state index in [-0.39, 0.29) is 30.7 Å². The van der Waals surface area contributed by atoms with Gasteiger partial charge in [0, 0.05) is 18.1 Å². The molecule has 0 spiro atoms. The van der Waals surface area contributed by atoms with Crippen LogP contribution in [0.25, 0.3) is 0 Å². The fraction of sp³-hybridized carbons (Fsp3) is 0.765. The molecule has 0 saturated heterocycles. The zero-order valence-electron chi connectivity index (χ0n) is 14.8. The summed E-state index contributed by atoms with van der Waals surface area (Å²) in [7, 11) is 0. The number of rotatable bonds is 9. The van der Waals surface area contributed by atoms with Gasteiger partial charge in [-0.3, -0.25) is 9.69 Å². The minimum absolute atomic E-state index is 0.0709. The monoisotopic (exact) mass is 325 g/mol. The second-order valence-electron chi connectivity index (χ2n) is 6.66. The van der Waals surface area contributed by atoms with Crippen LogP contribution in [-0.2, 0) is 4.79 Å². The molecule has 1 rings (SSSR count).